The van der Waals surface area contributed by atoms with Crippen LogP contribution in [0.4, 0.5) is 0 Å². The molecule has 42 valence electrons. The van der Waals surface area contributed by atoms with Gasteiger partial charge in [-0.15, -0.1) is 0 Å². The molecule has 7 heavy (non-hydrogen) atoms. The zero-order chi connectivity index (χ0) is 4.50. The largest absolute Gasteiger partial charge is 0.551 e. The molecular formula is CH6N2O2RfS-2. The molecule has 0 saturated heterocycles. The Morgan fingerprint density at radius 3 is 1.43 bits per heavy atom. The summed E-state index contributed by atoms with van der Waals surface area (Å²) in [5.41, 5.74) is 0. The third-order valence-electron chi connectivity index (χ3n) is 0. The van der Waals surface area contributed by atoms with E-state index in [9.17, 15) is 0 Å². The first-order chi connectivity index (χ1) is 2.00. The van der Waals surface area contributed by atoms with Crippen molar-refractivity contribution in [3.05, 3.63) is 12.6 Å². The van der Waals surface area contributed by atoms with Crippen LogP contribution in [-0.4, -0.2) is 8.42 Å². The Morgan fingerprint density at radius 1 is 1.43 bits per heavy atom. The van der Waals surface area contributed by atoms with Crippen LogP contribution in [0.25, 0.3) is 5.14 Å². The quantitative estimate of drug-likeness (QED) is 0.588. The van der Waals surface area contributed by atoms with Crippen molar-refractivity contribution in [2.45, 2.75) is 0 Å². The van der Waals surface area contributed by atoms with E-state index in [4.69, 9.17) is 13.6 Å². The molecule has 0 radical (unpaired) electrons. The Labute approximate surface area is 37.3 Å². The van der Waals surface area contributed by atoms with Gasteiger partial charge in [0.1, 0.15) is 10.2 Å². The molecule has 0 aliphatic carbocycles. The van der Waals surface area contributed by atoms with E-state index < -0.39 is 10.2 Å². The van der Waals surface area contributed by atoms with Crippen molar-refractivity contribution in [2.24, 2.45) is 5.14 Å². The molecule has 0 heterocycles. The first-order valence-electron chi connectivity index (χ1n) is 0.773. The van der Waals surface area contributed by atoms with E-state index in [1.54, 1.807) is 0 Å². The van der Waals surface area contributed by atoms with Crippen LogP contribution < -0.4 is 5.14 Å². The monoisotopic (exact) mass is 377 g/mol. The van der Waals surface area contributed by atoms with Crippen LogP contribution in [0.2, 0.25) is 0 Å². The maximum Gasteiger partial charge on any atom is 0.129 e. The second kappa shape index (κ2) is 3.08. The Kier molecular flexibility index (Phi) is 7.43. The zero-order valence-electron chi connectivity index (χ0n) is 4.01. The molecule has 0 amide bonds. The van der Waals surface area contributed by atoms with Gasteiger partial charge in [-0.05, 0) is 0 Å². The molecule has 0 fully saturated rings. The summed E-state index contributed by atoms with van der Waals surface area (Å²) in [6.07, 6.45) is 0. The van der Waals surface area contributed by atoms with Crippen LogP contribution in [0.3, 0.4) is 0 Å². The fourth-order valence-electron chi connectivity index (χ4n) is 0. The summed E-state index contributed by atoms with van der Waals surface area (Å²) in [5, 5.41) is 9.68. The van der Waals surface area contributed by atoms with Gasteiger partial charge < -0.3 is 12.6 Å². The second-order valence-electron chi connectivity index (χ2n) is 0.545. The predicted octanol–water partition coefficient (Wildman–Crippen LogP) is -0.308. The molecule has 0 aliphatic rings. The molecule has 0 aliphatic heterocycles. The van der Waals surface area contributed by atoms with Crippen LogP contribution in [0.15, 0.2) is 0 Å². The van der Waals surface area contributed by atoms with Crippen LogP contribution >= 0.6 is 0 Å². The van der Waals surface area contributed by atoms with Crippen LogP contribution in [0, 0.1) is 7.43 Å². The van der Waals surface area contributed by atoms with Gasteiger partial charge in [-0.3, -0.25) is 0 Å². The van der Waals surface area contributed by atoms with Crippen LogP contribution in [0.1, 0.15) is 0 Å². The van der Waals surface area contributed by atoms with Crippen molar-refractivity contribution >= 4 is 10.2 Å². The van der Waals surface area contributed by atoms with Crippen LogP contribution in [0.5, 0.6) is 0 Å². The van der Waals surface area contributed by atoms with Crippen molar-refractivity contribution in [2.75, 3.05) is 0 Å². The van der Waals surface area contributed by atoms with Gasteiger partial charge in [0, 0.05) is 0 Å². The maximum atomic E-state index is 9.08. The average Bonchev–Trinajstić information content (AvgIpc) is 0.722. The Hall–Kier alpha value is -1.13. The summed E-state index contributed by atoms with van der Waals surface area (Å²) in [6.45, 7) is 0. The number of hydrogen-bond donors (Lipinski definition) is 1. The third kappa shape index (κ3) is 31.4. The van der Waals surface area contributed by atoms with Crippen LogP contribution in [-0.2, 0) is 10.2 Å². The normalized spacial score (nSPS) is 8.29. The SMILES string of the molecule is [CH3-].[NH-]S(N)(=O)=O.[Rf]. The van der Waals surface area contributed by atoms with Gasteiger partial charge in [-0.1, -0.05) is 0 Å². The van der Waals surface area contributed by atoms with Gasteiger partial charge in [0.15, 0.2) is 0 Å². The first kappa shape index (κ1) is 16.9. The van der Waals surface area contributed by atoms with E-state index in [1.165, 1.54) is 0 Å². The van der Waals surface area contributed by atoms with Crippen molar-refractivity contribution in [3.8, 4) is 0 Å². The topological polar surface area (TPSA) is 84.0 Å². The van der Waals surface area contributed by atoms with Crippen molar-refractivity contribution in [3.63, 3.8) is 0 Å². The number of rotatable bonds is 0. The molecule has 0 aromatic carbocycles. The molecular weight excluding hydrogens is 371 g/mol. The molecule has 0 bridgehead atoms. The Morgan fingerprint density at radius 2 is 1.43 bits per heavy atom. The zero-order valence-corrected chi connectivity index (χ0v) is 11.2. The molecule has 0 aromatic rings. The van der Waals surface area contributed by atoms with E-state index in [0.717, 1.165) is 0 Å². The van der Waals surface area contributed by atoms with E-state index >= 15 is 0 Å². The van der Waals surface area contributed by atoms with Crippen molar-refractivity contribution in [1.29, 1.82) is 0 Å². The molecule has 0 spiro atoms. The van der Waals surface area contributed by atoms with E-state index in [1.807, 2.05) is 0 Å². The van der Waals surface area contributed by atoms with Gasteiger partial charge in [0.05, 0.1) is 0 Å². The molecule has 0 rings (SSSR count). The van der Waals surface area contributed by atoms with Crippen molar-refractivity contribution < 1.29 is 8.42 Å². The summed E-state index contributed by atoms with van der Waals surface area (Å²) >= 11 is 0. The number of nitrogens with one attached hydrogen (secondary N) is 1. The van der Waals surface area contributed by atoms with Gasteiger partial charge >= 0.3 is 0 Å². The fourth-order valence-corrected chi connectivity index (χ4v) is 0. The van der Waals surface area contributed by atoms with Gasteiger partial charge in [0.25, 0.3) is 0 Å². The number of nitrogens with two attached hydrogens (primary N) is 1. The Balaban J connectivity index is -0.0000000800. The molecule has 0 atom stereocenters. The minimum atomic E-state index is -3.92. The van der Waals surface area contributed by atoms with Gasteiger partial charge in [0.2, 0.25) is 0 Å². The molecule has 4 nitrogen and oxygen atoms in total. The fraction of sp³-hybridized carbons (Fsp3) is 0. The summed E-state index contributed by atoms with van der Waals surface area (Å²) in [5.74, 6) is 0. The maximum absolute atomic E-state index is 9.08. The van der Waals surface area contributed by atoms with E-state index in [-0.39, 0.29) is 7.43 Å². The third-order valence-corrected chi connectivity index (χ3v) is 0. The minimum absolute atomic E-state index is 0. The average molecular weight is 377 g/mol. The van der Waals surface area contributed by atoms with Gasteiger partial charge in [-0.25, -0.2) is 13.6 Å². The molecule has 6 heteroatoms. The molecule has 0 saturated carbocycles. The van der Waals surface area contributed by atoms with E-state index in [0.29, 0.717) is 0 Å². The predicted molar refractivity (Wildman–Crippen MR) is 23.8 cm³/mol. The molecule has 0 unspecified atom stereocenters. The van der Waals surface area contributed by atoms with Crippen molar-refractivity contribution in [1.82, 2.24) is 0 Å². The minimum Gasteiger partial charge on any atom is -0.551 e. The molecule has 0 aromatic heterocycles. The second-order valence-corrected chi connectivity index (χ2v) is 1.64. The smallest absolute Gasteiger partial charge is 0.129 e. The first-order valence-corrected chi connectivity index (χ1v) is 2.32. The van der Waals surface area contributed by atoms with E-state index in [2.05, 4.69) is 5.14 Å². The summed E-state index contributed by atoms with van der Waals surface area (Å²) < 4.78 is 18.2. The summed E-state index contributed by atoms with van der Waals surface area (Å²) in [7, 11) is -3.92. The summed E-state index contributed by atoms with van der Waals surface area (Å²) in [6, 6.07) is 0. The number of hydrogen-bond acceptors (Lipinski definition) is 2. The standard InChI is InChI=1S/CH3.H3N2O2S.Rf/c;1-5(2,3)4;/h1H3;(H3-,1,2,3,4);/q2*-1;. The summed E-state index contributed by atoms with van der Waals surface area (Å²) in [4.78, 5) is 0. The Bertz CT molecular complexity index is 98.9. The molecule has 3 N–H and O–H groups in total. The van der Waals surface area contributed by atoms with Gasteiger partial charge in [-0.2, -0.15) is 0 Å².